The number of piperidine rings is 1. The van der Waals surface area contributed by atoms with Crippen LogP contribution in [0.25, 0.3) is 0 Å². The first kappa shape index (κ1) is 10.5. The second-order valence-corrected chi connectivity index (χ2v) is 3.76. The molecule has 2 rings (SSSR count). The third-order valence-electron chi connectivity index (χ3n) is 2.74. The number of hydrogen-bond donors (Lipinski definition) is 1. The normalized spacial score (nSPS) is 21.7. The summed E-state index contributed by atoms with van der Waals surface area (Å²) >= 11 is 0. The molecule has 1 fully saturated rings. The molecule has 0 spiro atoms. The minimum absolute atomic E-state index is 0.158. The lowest BCUT2D eigenvalue weighted by atomic mass is 9.96. The van der Waals surface area contributed by atoms with E-state index >= 15 is 0 Å². The van der Waals surface area contributed by atoms with Crippen LogP contribution in [0, 0.1) is 17.5 Å². The zero-order valence-corrected chi connectivity index (χ0v) is 8.19. The first-order valence-corrected chi connectivity index (χ1v) is 5.07. The first-order chi connectivity index (χ1) is 7.20. The van der Waals surface area contributed by atoms with Crippen LogP contribution in [0.1, 0.15) is 30.9 Å². The summed E-state index contributed by atoms with van der Waals surface area (Å²) in [5.41, 5.74) is -0.158. The van der Waals surface area contributed by atoms with Crippen LogP contribution < -0.4 is 5.32 Å². The fourth-order valence-corrected chi connectivity index (χ4v) is 1.96. The molecule has 1 N–H and O–H groups in total. The van der Waals surface area contributed by atoms with Crippen molar-refractivity contribution in [3.05, 3.63) is 35.1 Å². The highest BCUT2D eigenvalue weighted by atomic mass is 19.2. The van der Waals surface area contributed by atoms with Gasteiger partial charge in [-0.05, 0) is 31.5 Å². The summed E-state index contributed by atoms with van der Waals surface area (Å²) in [5.74, 6) is -2.72. The maximum Gasteiger partial charge on any atom is 0.166 e. The molecule has 1 saturated heterocycles. The average molecular weight is 215 g/mol. The Bertz CT molecular complexity index is 359. The van der Waals surface area contributed by atoms with Gasteiger partial charge in [0.2, 0.25) is 0 Å². The fourth-order valence-electron chi connectivity index (χ4n) is 1.96. The molecule has 0 aliphatic carbocycles. The van der Waals surface area contributed by atoms with Crippen LogP contribution in [0.3, 0.4) is 0 Å². The second kappa shape index (κ2) is 4.23. The van der Waals surface area contributed by atoms with Crippen molar-refractivity contribution >= 4 is 0 Å². The van der Waals surface area contributed by atoms with Crippen molar-refractivity contribution in [3.8, 4) is 0 Å². The zero-order chi connectivity index (χ0) is 10.8. The Morgan fingerprint density at radius 2 is 1.80 bits per heavy atom. The van der Waals surface area contributed by atoms with Gasteiger partial charge in [0.05, 0.1) is 0 Å². The number of hydrogen-bond acceptors (Lipinski definition) is 1. The molecule has 15 heavy (non-hydrogen) atoms. The summed E-state index contributed by atoms with van der Waals surface area (Å²) in [5, 5.41) is 3.00. The molecular weight excluding hydrogens is 203 g/mol. The van der Waals surface area contributed by atoms with Gasteiger partial charge in [0.25, 0.3) is 0 Å². The van der Waals surface area contributed by atoms with Crippen molar-refractivity contribution in [2.75, 3.05) is 6.54 Å². The quantitative estimate of drug-likeness (QED) is 0.710. The van der Waals surface area contributed by atoms with Crippen molar-refractivity contribution < 1.29 is 13.2 Å². The summed E-state index contributed by atoms with van der Waals surface area (Å²) < 4.78 is 39.7. The van der Waals surface area contributed by atoms with E-state index in [1.54, 1.807) is 0 Å². The maximum atomic E-state index is 13.4. The fraction of sp³-hybridized carbons (Fsp3) is 0.455. The smallest absolute Gasteiger partial charge is 0.166 e. The van der Waals surface area contributed by atoms with Crippen LogP contribution in [-0.4, -0.2) is 6.54 Å². The highest BCUT2D eigenvalue weighted by molar-refractivity contribution is 5.24. The summed E-state index contributed by atoms with van der Waals surface area (Å²) in [6.07, 6.45) is 2.55. The minimum atomic E-state index is -1.06. The second-order valence-electron chi connectivity index (χ2n) is 3.76. The van der Waals surface area contributed by atoms with E-state index in [4.69, 9.17) is 0 Å². The Morgan fingerprint density at radius 3 is 2.47 bits per heavy atom. The monoisotopic (exact) mass is 215 g/mol. The minimum Gasteiger partial charge on any atom is -0.310 e. The lowest BCUT2D eigenvalue weighted by Gasteiger charge is -2.24. The Balaban J connectivity index is 2.36. The first-order valence-electron chi connectivity index (χ1n) is 5.07. The van der Waals surface area contributed by atoms with E-state index in [-0.39, 0.29) is 5.56 Å². The molecule has 0 bridgehead atoms. The summed E-state index contributed by atoms with van der Waals surface area (Å²) in [7, 11) is 0. The van der Waals surface area contributed by atoms with Crippen LogP contribution in [-0.2, 0) is 0 Å². The van der Waals surface area contributed by atoms with Crippen LogP contribution in [0.2, 0.25) is 0 Å². The Morgan fingerprint density at radius 1 is 1.07 bits per heavy atom. The summed E-state index contributed by atoms with van der Waals surface area (Å²) in [6, 6.07) is 1.40. The van der Waals surface area contributed by atoms with E-state index in [9.17, 15) is 13.2 Å². The molecule has 0 unspecified atom stereocenters. The molecule has 1 aromatic carbocycles. The van der Waals surface area contributed by atoms with E-state index in [0.29, 0.717) is 6.42 Å². The molecule has 0 amide bonds. The molecule has 1 heterocycles. The molecule has 0 aromatic heterocycles. The van der Waals surface area contributed by atoms with Gasteiger partial charge in [-0.3, -0.25) is 0 Å². The predicted octanol–water partition coefficient (Wildman–Crippen LogP) is 2.92. The van der Waals surface area contributed by atoms with Gasteiger partial charge in [0.1, 0.15) is 5.82 Å². The van der Waals surface area contributed by atoms with Gasteiger partial charge in [-0.1, -0.05) is 6.42 Å². The number of rotatable bonds is 1. The Hall–Kier alpha value is -1.03. The summed E-state index contributed by atoms with van der Waals surface area (Å²) in [6.45, 7) is 0.722. The predicted molar refractivity (Wildman–Crippen MR) is 50.9 cm³/mol. The van der Waals surface area contributed by atoms with Crippen LogP contribution in [0.15, 0.2) is 12.1 Å². The lowest BCUT2D eigenvalue weighted by molar-refractivity contribution is 0.375. The van der Waals surface area contributed by atoms with Crippen molar-refractivity contribution in [2.45, 2.75) is 25.3 Å². The van der Waals surface area contributed by atoms with Crippen LogP contribution in [0.4, 0.5) is 13.2 Å². The molecule has 0 radical (unpaired) electrons. The van der Waals surface area contributed by atoms with Gasteiger partial charge in [-0.2, -0.15) is 0 Å². The highest BCUT2D eigenvalue weighted by Crippen LogP contribution is 2.28. The standard InChI is InChI=1S/C11H12F3N/c12-7-4-5-8(13)11(14)10(7)9-3-1-2-6-15-9/h4-5,9,15H,1-3,6H2/t9-/m1/s1. The Kier molecular flexibility index (Phi) is 2.95. The van der Waals surface area contributed by atoms with Crippen LogP contribution >= 0.6 is 0 Å². The van der Waals surface area contributed by atoms with E-state index < -0.39 is 23.5 Å². The SMILES string of the molecule is Fc1ccc(F)c([C@H]2CCCCN2)c1F. The average Bonchev–Trinajstić information content (AvgIpc) is 2.26. The van der Waals surface area contributed by atoms with E-state index in [1.165, 1.54) is 0 Å². The van der Waals surface area contributed by atoms with Gasteiger partial charge in [-0.25, -0.2) is 13.2 Å². The van der Waals surface area contributed by atoms with Crippen molar-refractivity contribution in [3.63, 3.8) is 0 Å². The molecule has 4 heteroatoms. The third-order valence-corrected chi connectivity index (χ3v) is 2.74. The largest absolute Gasteiger partial charge is 0.310 e. The molecule has 1 nitrogen and oxygen atoms in total. The van der Waals surface area contributed by atoms with E-state index in [1.807, 2.05) is 0 Å². The number of benzene rings is 1. The Labute approximate surface area is 86.3 Å². The lowest BCUT2D eigenvalue weighted by Crippen LogP contribution is -2.28. The molecule has 1 atom stereocenters. The van der Waals surface area contributed by atoms with Gasteiger partial charge in [0, 0.05) is 11.6 Å². The number of nitrogens with one attached hydrogen (secondary N) is 1. The maximum absolute atomic E-state index is 13.4. The topological polar surface area (TPSA) is 12.0 Å². The highest BCUT2D eigenvalue weighted by Gasteiger charge is 2.23. The van der Waals surface area contributed by atoms with Crippen molar-refractivity contribution in [1.82, 2.24) is 5.32 Å². The molecule has 0 saturated carbocycles. The molecule has 1 aliphatic rings. The zero-order valence-electron chi connectivity index (χ0n) is 8.19. The van der Waals surface area contributed by atoms with Gasteiger partial charge in [0.15, 0.2) is 11.6 Å². The number of halogens is 3. The van der Waals surface area contributed by atoms with Gasteiger partial charge < -0.3 is 5.32 Å². The van der Waals surface area contributed by atoms with Crippen LogP contribution in [0.5, 0.6) is 0 Å². The van der Waals surface area contributed by atoms with Gasteiger partial charge in [-0.15, -0.1) is 0 Å². The third kappa shape index (κ3) is 2.00. The molecule has 1 aliphatic heterocycles. The van der Waals surface area contributed by atoms with Crippen molar-refractivity contribution in [1.29, 1.82) is 0 Å². The molecular formula is C11H12F3N. The van der Waals surface area contributed by atoms with Gasteiger partial charge >= 0.3 is 0 Å². The molecule has 1 aromatic rings. The van der Waals surface area contributed by atoms with E-state index in [0.717, 1.165) is 31.5 Å². The van der Waals surface area contributed by atoms with E-state index in [2.05, 4.69) is 5.32 Å². The van der Waals surface area contributed by atoms with Crippen molar-refractivity contribution in [2.24, 2.45) is 0 Å². The summed E-state index contributed by atoms with van der Waals surface area (Å²) in [4.78, 5) is 0. The molecule has 82 valence electrons.